The smallest absolute Gasteiger partial charge is 0.253 e. The van der Waals surface area contributed by atoms with E-state index in [-0.39, 0.29) is 11.8 Å². The molecule has 2 aliphatic heterocycles. The van der Waals surface area contributed by atoms with E-state index in [9.17, 15) is 9.59 Å². The Morgan fingerprint density at radius 1 is 1.00 bits per heavy atom. The molecular weight excluding hydrogens is 428 g/mol. The number of likely N-dealkylation sites (tertiary alicyclic amines) is 1. The molecule has 0 aromatic heterocycles. The first kappa shape index (κ1) is 22.6. The van der Waals surface area contributed by atoms with Crippen molar-refractivity contribution in [1.82, 2.24) is 9.80 Å². The monoisotopic (exact) mass is 456 g/mol. The number of ether oxygens (including phenoxy) is 2. The number of piperidine rings is 1. The molecule has 0 saturated carbocycles. The van der Waals surface area contributed by atoms with Gasteiger partial charge < -0.3 is 19.3 Å². The second-order valence-electron chi connectivity index (χ2n) is 8.61. The van der Waals surface area contributed by atoms with Crippen molar-refractivity contribution in [3.8, 4) is 5.75 Å². The Hall–Kier alpha value is -2.57. The fraction of sp³-hybridized carbons (Fsp3) is 0.440. The number of rotatable bonds is 6. The van der Waals surface area contributed by atoms with Gasteiger partial charge in [-0.3, -0.25) is 9.59 Å². The molecule has 7 heteroatoms. The van der Waals surface area contributed by atoms with Gasteiger partial charge in [-0.25, -0.2) is 0 Å². The van der Waals surface area contributed by atoms with E-state index >= 15 is 0 Å². The number of hydrogen-bond donors (Lipinski definition) is 0. The van der Waals surface area contributed by atoms with E-state index < -0.39 is 5.41 Å². The molecule has 2 heterocycles. The third kappa shape index (κ3) is 5.61. The van der Waals surface area contributed by atoms with Crippen LogP contribution in [0.25, 0.3) is 0 Å². The van der Waals surface area contributed by atoms with Crippen molar-refractivity contribution in [1.29, 1.82) is 0 Å². The molecule has 4 rings (SSSR count). The van der Waals surface area contributed by atoms with Gasteiger partial charge in [0.25, 0.3) is 5.91 Å². The Morgan fingerprint density at radius 3 is 2.53 bits per heavy atom. The SMILES string of the molecule is O=C(CC1(COc2ccccc2)CCCN(C(=O)c2cccc(Cl)c2)C1)N1CCOCC1. The summed E-state index contributed by atoms with van der Waals surface area (Å²) in [5.41, 5.74) is 0.120. The number of carbonyl (C=O) groups is 2. The highest BCUT2D eigenvalue weighted by Crippen LogP contribution is 2.36. The third-order valence-electron chi connectivity index (χ3n) is 6.20. The molecule has 2 aromatic carbocycles. The van der Waals surface area contributed by atoms with Crippen LogP contribution in [0, 0.1) is 5.41 Å². The van der Waals surface area contributed by atoms with Crippen molar-refractivity contribution >= 4 is 23.4 Å². The van der Waals surface area contributed by atoms with Crippen LogP contribution >= 0.6 is 11.6 Å². The van der Waals surface area contributed by atoms with Crippen LogP contribution in [0.2, 0.25) is 5.02 Å². The van der Waals surface area contributed by atoms with Gasteiger partial charge in [0.15, 0.2) is 0 Å². The van der Waals surface area contributed by atoms with Gasteiger partial charge >= 0.3 is 0 Å². The van der Waals surface area contributed by atoms with Gasteiger partial charge in [-0.15, -0.1) is 0 Å². The second-order valence-corrected chi connectivity index (χ2v) is 9.05. The molecule has 0 spiro atoms. The fourth-order valence-electron chi connectivity index (χ4n) is 4.50. The third-order valence-corrected chi connectivity index (χ3v) is 6.43. The topological polar surface area (TPSA) is 59.1 Å². The van der Waals surface area contributed by atoms with Crippen molar-refractivity contribution in [3.05, 3.63) is 65.2 Å². The minimum atomic E-state index is -0.447. The summed E-state index contributed by atoms with van der Waals surface area (Å²) >= 11 is 6.11. The molecule has 170 valence electrons. The first-order valence-electron chi connectivity index (χ1n) is 11.1. The molecule has 0 N–H and O–H groups in total. The van der Waals surface area contributed by atoms with Gasteiger partial charge in [-0.05, 0) is 43.2 Å². The largest absolute Gasteiger partial charge is 0.493 e. The van der Waals surface area contributed by atoms with Crippen LogP contribution in [0.1, 0.15) is 29.6 Å². The molecule has 32 heavy (non-hydrogen) atoms. The zero-order valence-electron chi connectivity index (χ0n) is 18.2. The number of amides is 2. The Bertz CT molecular complexity index is 933. The maximum atomic E-state index is 13.2. The lowest BCUT2D eigenvalue weighted by Crippen LogP contribution is -2.52. The van der Waals surface area contributed by atoms with Crippen LogP contribution in [0.4, 0.5) is 0 Å². The Kier molecular flexibility index (Phi) is 7.33. The molecule has 0 aliphatic carbocycles. The van der Waals surface area contributed by atoms with Gasteiger partial charge in [0.1, 0.15) is 5.75 Å². The average molecular weight is 457 g/mol. The molecule has 2 fully saturated rings. The van der Waals surface area contributed by atoms with Crippen molar-refractivity contribution in [2.75, 3.05) is 46.0 Å². The van der Waals surface area contributed by atoms with Crippen LogP contribution in [0.15, 0.2) is 54.6 Å². The Labute approximate surface area is 194 Å². The number of hydrogen-bond acceptors (Lipinski definition) is 4. The minimum absolute atomic E-state index is 0.0601. The number of carbonyl (C=O) groups excluding carboxylic acids is 2. The van der Waals surface area contributed by atoms with Gasteiger partial charge in [0.05, 0.1) is 19.8 Å². The summed E-state index contributed by atoms with van der Waals surface area (Å²) in [7, 11) is 0. The number of benzene rings is 2. The molecule has 2 amide bonds. The number of halogens is 1. The molecule has 2 aromatic rings. The molecule has 0 radical (unpaired) electrons. The summed E-state index contributed by atoms with van der Waals surface area (Å²) in [6.45, 7) is 3.87. The summed E-state index contributed by atoms with van der Waals surface area (Å²) in [6, 6.07) is 16.6. The zero-order valence-corrected chi connectivity index (χ0v) is 18.9. The van der Waals surface area contributed by atoms with Crippen LogP contribution < -0.4 is 4.74 Å². The second kappa shape index (κ2) is 10.4. The normalized spacial score (nSPS) is 21.3. The first-order valence-corrected chi connectivity index (χ1v) is 11.5. The van der Waals surface area contributed by atoms with Crippen molar-refractivity contribution in [2.24, 2.45) is 5.41 Å². The summed E-state index contributed by atoms with van der Waals surface area (Å²) in [6.07, 6.45) is 2.00. The molecular formula is C25H29ClN2O4. The van der Waals surface area contributed by atoms with Gasteiger partial charge in [0, 0.05) is 48.6 Å². The first-order chi connectivity index (χ1) is 15.5. The Balaban J connectivity index is 1.52. The van der Waals surface area contributed by atoms with Crippen LogP contribution in [-0.4, -0.2) is 67.6 Å². The highest BCUT2D eigenvalue weighted by molar-refractivity contribution is 6.30. The number of nitrogens with zero attached hydrogens (tertiary/aromatic N) is 2. The predicted molar refractivity (Wildman–Crippen MR) is 123 cm³/mol. The maximum Gasteiger partial charge on any atom is 0.253 e. The van der Waals surface area contributed by atoms with E-state index in [0.717, 1.165) is 18.6 Å². The fourth-order valence-corrected chi connectivity index (χ4v) is 4.69. The molecule has 0 bridgehead atoms. The molecule has 1 unspecified atom stereocenters. The molecule has 6 nitrogen and oxygen atoms in total. The lowest BCUT2D eigenvalue weighted by atomic mass is 9.77. The van der Waals surface area contributed by atoms with Crippen LogP contribution in [0.3, 0.4) is 0 Å². The average Bonchev–Trinajstić information content (AvgIpc) is 2.84. The van der Waals surface area contributed by atoms with Crippen LogP contribution in [-0.2, 0) is 9.53 Å². The summed E-state index contributed by atoms with van der Waals surface area (Å²) in [4.78, 5) is 30.1. The summed E-state index contributed by atoms with van der Waals surface area (Å²) in [5, 5.41) is 0.536. The Morgan fingerprint density at radius 2 is 1.78 bits per heavy atom. The quantitative estimate of drug-likeness (QED) is 0.661. The number of para-hydroxylation sites is 1. The van der Waals surface area contributed by atoms with Gasteiger partial charge in [0.2, 0.25) is 5.91 Å². The highest BCUT2D eigenvalue weighted by atomic mass is 35.5. The minimum Gasteiger partial charge on any atom is -0.493 e. The lowest BCUT2D eigenvalue weighted by Gasteiger charge is -2.43. The van der Waals surface area contributed by atoms with E-state index in [1.807, 2.05) is 40.1 Å². The van der Waals surface area contributed by atoms with E-state index in [0.29, 0.717) is 63.0 Å². The molecule has 1 atom stereocenters. The van der Waals surface area contributed by atoms with E-state index in [1.165, 1.54) is 0 Å². The highest BCUT2D eigenvalue weighted by Gasteiger charge is 2.41. The van der Waals surface area contributed by atoms with Crippen molar-refractivity contribution < 1.29 is 19.1 Å². The predicted octanol–water partition coefficient (Wildman–Crippen LogP) is 3.89. The zero-order chi connectivity index (χ0) is 22.4. The molecule has 2 saturated heterocycles. The summed E-state index contributed by atoms with van der Waals surface area (Å²) < 4.78 is 11.5. The molecule has 2 aliphatic rings. The van der Waals surface area contributed by atoms with E-state index in [1.54, 1.807) is 24.3 Å². The van der Waals surface area contributed by atoms with Crippen molar-refractivity contribution in [3.63, 3.8) is 0 Å². The van der Waals surface area contributed by atoms with Gasteiger partial charge in [-0.1, -0.05) is 35.9 Å². The van der Waals surface area contributed by atoms with Gasteiger partial charge in [-0.2, -0.15) is 0 Å². The lowest BCUT2D eigenvalue weighted by molar-refractivity contribution is -0.139. The van der Waals surface area contributed by atoms with Crippen LogP contribution in [0.5, 0.6) is 5.75 Å². The van der Waals surface area contributed by atoms with Crippen molar-refractivity contribution in [2.45, 2.75) is 19.3 Å². The van der Waals surface area contributed by atoms with E-state index in [4.69, 9.17) is 21.1 Å². The van der Waals surface area contributed by atoms with E-state index in [2.05, 4.69) is 0 Å². The maximum absolute atomic E-state index is 13.2. The summed E-state index contributed by atoms with van der Waals surface area (Å²) in [5.74, 6) is 0.807. The standard InChI is InChI=1S/C25H29ClN2O4/c26-21-7-4-6-20(16-21)24(30)28-11-5-10-25(18-28,19-32-22-8-2-1-3-9-22)17-23(29)27-12-14-31-15-13-27/h1-4,6-9,16H,5,10-15,17-19H2. The number of morpholine rings is 1.